The Hall–Kier alpha value is -2.53. The minimum absolute atomic E-state index is 0.0289. The molecule has 1 fully saturated rings. The van der Waals surface area contributed by atoms with E-state index in [1.54, 1.807) is 13.8 Å². The first-order valence-corrected chi connectivity index (χ1v) is 9.60. The molecule has 0 saturated carbocycles. The van der Waals surface area contributed by atoms with E-state index in [4.69, 9.17) is 4.74 Å². The maximum Gasteiger partial charge on any atom is 0.416 e. The lowest BCUT2D eigenvalue weighted by molar-refractivity contribution is -0.131. The first-order valence-electron chi connectivity index (χ1n) is 8.16. The van der Waals surface area contributed by atoms with Crippen molar-refractivity contribution in [2.75, 3.05) is 32.8 Å². The van der Waals surface area contributed by atoms with E-state index in [1.807, 2.05) is 0 Å². The van der Waals surface area contributed by atoms with Crippen LogP contribution in [0.5, 0.6) is 0 Å². The normalized spacial score (nSPS) is 14.4. The van der Waals surface area contributed by atoms with Crippen molar-refractivity contribution < 1.29 is 36.7 Å². The SMILES string of the molecule is CCN(CC)S(=O)(=O)c1ccc(F)c(C(=O)OCC(=O)N2CCOC2=O)c1. The van der Waals surface area contributed by atoms with Gasteiger partial charge in [-0.15, -0.1) is 0 Å². The van der Waals surface area contributed by atoms with Gasteiger partial charge in [0.15, 0.2) is 6.61 Å². The molecule has 1 aromatic carbocycles. The predicted octanol–water partition coefficient (Wildman–Crippen LogP) is 0.992. The van der Waals surface area contributed by atoms with Crippen molar-refractivity contribution in [3.8, 4) is 0 Å². The highest BCUT2D eigenvalue weighted by Gasteiger charge is 2.30. The number of hydrogen-bond acceptors (Lipinski definition) is 7. The van der Waals surface area contributed by atoms with Crippen LogP contribution in [0.4, 0.5) is 9.18 Å². The zero-order valence-corrected chi connectivity index (χ0v) is 15.6. The standard InChI is InChI=1S/C16H19FN2O7S/c1-3-18(4-2)27(23,24)11-5-6-13(17)12(9-11)15(21)26-10-14(20)19-7-8-25-16(19)22/h5-6,9H,3-4,7-8,10H2,1-2H3. The van der Waals surface area contributed by atoms with Gasteiger partial charge in [0.05, 0.1) is 17.0 Å². The van der Waals surface area contributed by atoms with Gasteiger partial charge in [-0.3, -0.25) is 4.79 Å². The second-order valence-electron chi connectivity index (χ2n) is 5.47. The highest BCUT2D eigenvalue weighted by Crippen LogP contribution is 2.20. The largest absolute Gasteiger partial charge is 0.452 e. The molecule has 0 aromatic heterocycles. The van der Waals surface area contributed by atoms with Gasteiger partial charge in [-0.05, 0) is 18.2 Å². The third kappa shape index (κ3) is 4.42. The fourth-order valence-corrected chi connectivity index (χ4v) is 3.92. The number of ether oxygens (including phenoxy) is 2. The molecule has 1 aliphatic rings. The van der Waals surface area contributed by atoms with Crippen molar-refractivity contribution in [1.29, 1.82) is 0 Å². The van der Waals surface area contributed by atoms with Crippen LogP contribution >= 0.6 is 0 Å². The predicted molar refractivity (Wildman–Crippen MR) is 89.9 cm³/mol. The minimum Gasteiger partial charge on any atom is -0.452 e. The Morgan fingerprint density at radius 1 is 1.30 bits per heavy atom. The third-order valence-electron chi connectivity index (χ3n) is 3.89. The zero-order valence-electron chi connectivity index (χ0n) is 14.8. The summed E-state index contributed by atoms with van der Waals surface area (Å²) in [5.41, 5.74) is -0.625. The van der Waals surface area contributed by atoms with E-state index in [2.05, 4.69) is 4.74 Å². The number of amides is 2. The maximum absolute atomic E-state index is 14.0. The number of sulfonamides is 1. The van der Waals surface area contributed by atoms with Crippen molar-refractivity contribution >= 4 is 28.0 Å². The smallest absolute Gasteiger partial charge is 0.416 e. The van der Waals surface area contributed by atoms with Gasteiger partial charge in [-0.1, -0.05) is 13.8 Å². The molecule has 0 bridgehead atoms. The second-order valence-corrected chi connectivity index (χ2v) is 7.40. The van der Waals surface area contributed by atoms with Crippen molar-refractivity contribution in [1.82, 2.24) is 9.21 Å². The lowest BCUT2D eigenvalue weighted by Crippen LogP contribution is -2.35. The Labute approximate surface area is 155 Å². The molecular weight excluding hydrogens is 383 g/mol. The number of benzene rings is 1. The molecule has 1 aliphatic heterocycles. The third-order valence-corrected chi connectivity index (χ3v) is 5.94. The monoisotopic (exact) mass is 402 g/mol. The van der Waals surface area contributed by atoms with Crippen LogP contribution in [0, 0.1) is 5.82 Å². The lowest BCUT2D eigenvalue weighted by Gasteiger charge is -2.18. The number of imide groups is 1. The Morgan fingerprint density at radius 3 is 2.52 bits per heavy atom. The van der Waals surface area contributed by atoms with E-state index in [0.717, 1.165) is 27.4 Å². The fraction of sp³-hybridized carbons (Fsp3) is 0.438. The molecule has 1 saturated heterocycles. The first kappa shape index (κ1) is 20.8. The first-order chi connectivity index (χ1) is 12.7. The maximum atomic E-state index is 14.0. The molecule has 148 valence electrons. The van der Waals surface area contributed by atoms with Crippen molar-refractivity contribution in [2.24, 2.45) is 0 Å². The Kier molecular flexibility index (Phi) is 6.50. The van der Waals surface area contributed by atoms with Gasteiger partial charge in [0.1, 0.15) is 12.4 Å². The van der Waals surface area contributed by atoms with Crippen molar-refractivity contribution in [2.45, 2.75) is 18.7 Å². The summed E-state index contributed by atoms with van der Waals surface area (Å²) in [6.07, 6.45) is -0.852. The highest BCUT2D eigenvalue weighted by molar-refractivity contribution is 7.89. The molecular formula is C16H19FN2O7S. The Bertz CT molecular complexity index is 852. The average Bonchev–Trinajstić information content (AvgIpc) is 3.06. The van der Waals surface area contributed by atoms with Gasteiger partial charge in [0.2, 0.25) is 10.0 Å². The molecule has 1 heterocycles. The number of halogens is 1. The van der Waals surface area contributed by atoms with E-state index in [0.29, 0.717) is 0 Å². The highest BCUT2D eigenvalue weighted by atomic mass is 32.2. The molecule has 0 N–H and O–H groups in total. The quantitative estimate of drug-likeness (QED) is 0.626. The van der Waals surface area contributed by atoms with E-state index >= 15 is 0 Å². The molecule has 0 radical (unpaired) electrons. The van der Waals surface area contributed by atoms with Crippen LogP contribution in [0.1, 0.15) is 24.2 Å². The molecule has 11 heteroatoms. The summed E-state index contributed by atoms with van der Waals surface area (Å²) in [7, 11) is -3.90. The summed E-state index contributed by atoms with van der Waals surface area (Å²) in [4.78, 5) is 35.7. The van der Waals surface area contributed by atoms with Crippen LogP contribution in [-0.2, 0) is 24.3 Å². The van der Waals surface area contributed by atoms with E-state index in [-0.39, 0.29) is 31.1 Å². The summed E-state index contributed by atoms with van der Waals surface area (Å²) in [5, 5.41) is 0. The molecule has 2 amide bonds. The summed E-state index contributed by atoms with van der Waals surface area (Å²) >= 11 is 0. The molecule has 0 spiro atoms. The minimum atomic E-state index is -3.90. The lowest BCUT2D eigenvalue weighted by atomic mass is 10.2. The summed E-state index contributed by atoms with van der Waals surface area (Å²) in [6.45, 7) is 2.97. The average molecular weight is 402 g/mol. The topological polar surface area (TPSA) is 110 Å². The van der Waals surface area contributed by atoms with Gasteiger partial charge in [-0.25, -0.2) is 27.3 Å². The molecule has 0 aliphatic carbocycles. The van der Waals surface area contributed by atoms with E-state index in [1.165, 1.54) is 0 Å². The second kappa shape index (κ2) is 8.44. The van der Waals surface area contributed by atoms with Crippen LogP contribution in [0.15, 0.2) is 23.1 Å². The molecule has 27 heavy (non-hydrogen) atoms. The van der Waals surface area contributed by atoms with Gasteiger partial charge < -0.3 is 9.47 Å². The van der Waals surface area contributed by atoms with Gasteiger partial charge >= 0.3 is 12.1 Å². The molecule has 0 unspecified atom stereocenters. The number of hydrogen-bond donors (Lipinski definition) is 0. The molecule has 9 nitrogen and oxygen atoms in total. The number of carbonyl (C=O) groups is 3. The van der Waals surface area contributed by atoms with Crippen molar-refractivity contribution in [3.05, 3.63) is 29.6 Å². The summed E-state index contributed by atoms with van der Waals surface area (Å²) in [5.74, 6) is -3.03. The Morgan fingerprint density at radius 2 is 1.96 bits per heavy atom. The van der Waals surface area contributed by atoms with Crippen LogP contribution < -0.4 is 0 Å². The van der Waals surface area contributed by atoms with Crippen LogP contribution in [0.25, 0.3) is 0 Å². The van der Waals surface area contributed by atoms with Crippen LogP contribution in [-0.4, -0.2) is 68.4 Å². The van der Waals surface area contributed by atoms with Gasteiger partial charge in [0.25, 0.3) is 5.91 Å². The van der Waals surface area contributed by atoms with Crippen LogP contribution in [0.2, 0.25) is 0 Å². The number of rotatable bonds is 7. The zero-order chi connectivity index (χ0) is 20.2. The number of carbonyl (C=O) groups excluding carboxylic acids is 3. The fourth-order valence-electron chi connectivity index (χ4n) is 2.44. The molecule has 1 aromatic rings. The number of esters is 1. The molecule has 2 rings (SSSR count). The summed E-state index contributed by atoms with van der Waals surface area (Å²) in [6, 6.07) is 2.75. The van der Waals surface area contributed by atoms with Crippen LogP contribution in [0.3, 0.4) is 0 Å². The van der Waals surface area contributed by atoms with E-state index in [9.17, 15) is 27.2 Å². The van der Waals surface area contributed by atoms with Gasteiger partial charge in [0, 0.05) is 13.1 Å². The number of nitrogens with zero attached hydrogens (tertiary/aromatic N) is 2. The van der Waals surface area contributed by atoms with E-state index < -0.39 is 46.0 Å². The van der Waals surface area contributed by atoms with Crippen molar-refractivity contribution in [3.63, 3.8) is 0 Å². The van der Waals surface area contributed by atoms with Gasteiger partial charge in [-0.2, -0.15) is 4.31 Å². The number of cyclic esters (lactones) is 1. The molecule has 0 atom stereocenters. The summed E-state index contributed by atoms with van der Waals surface area (Å²) < 4.78 is 49.4. The Balaban J connectivity index is 2.16.